The molecule has 1 aliphatic rings. The molecule has 3 aromatic carbocycles. The topological polar surface area (TPSA) is 178 Å². The number of rotatable bonds is 8. The van der Waals surface area contributed by atoms with Crippen molar-refractivity contribution in [3.63, 3.8) is 0 Å². The van der Waals surface area contributed by atoms with Crippen molar-refractivity contribution < 1.29 is 35.6 Å². The molecular formula is C25H23FN4O7S2. The Morgan fingerprint density at radius 1 is 0.872 bits per heavy atom. The third-order valence-corrected chi connectivity index (χ3v) is 8.04. The first-order valence-corrected chi connectivity index (χ1v) is 14.5. The Morgan fingerprint density at radius 3 is 1.95 bits per heavy atom. The summed E-state index contributed by atoms with van der Waals surface area (Å²) in [5, 5.41) is 10.2. The Bertz CT molecular complexity index is 1660. The van der Waals surface area contributed by atoms with Crippen molar-refractivity contribution in [1.82, 2.24) is 4.90 Å². The van der Waals surface area contributed by atoms with Crippen molar-refractivity contribution in [2.24, 2.45) is 10.3 Å². The lowest BCUT2D eigenvalue weighted by atomic mass is 10.1. The summed E-state index contributed by atoms with van der Waals surface area (Å²) in [7, 11) is -7.91. The third-order valence-electron chi connectivity index (χ3n) is 6.18. The maximum atomic E-state index is 14.5. The lowest BCUT2D eigenvalue weighted by Crippen LogP contribution is -2.46. The van der Waals surface area contributed by atoms with Crippen LogP contribution in [-0.2, 0) is 36.1 Å². The standard InChI is InChI=1S/C25H23FN4O7S2/c26-21-4-2-1-3-20(21)24(32)29(14-13-16-5-9-18(10-6-16)38(27,34)35)22-15-23(31)30(25(22)33)17-7-11-19(12-8-17)39(28,36)37/h1-12,22H,13-15H2,(H2,27,34,35)(H2,28,36,37). The van der Waals surface area contributed by atoms with Crippen LogP contribution in [0.3, 0.4) is 0 Å². The highest BCUT2D eigenvalue weighted by Crippen LogP contribution is 2.28. The van der Waals surface area contributed by atoms with E-state index in [1.165, 1.54) is 54.6 Å². The van der Waals surface area contributed by atoms with Crippen LogP contribution in [0, 0.1) is 5.82 Å². The predicted octanol–water partition coefficient (Wildman–Crippen LogP) is 1.14. The number of amides is 3. The number of anilines is 1. The molecule has 0 radical (unpaired) electrons. The van der Waals surface area contributed by atoms with Crippen LogP contribution in [-0.4, -0.2) is 52.0 Å². The third kappa shape index (κ3) is 6.04. The predicted molar refractivity (Wildman–Crippen MR) is 138 cm³/mol. The Balaban J connectivity index is 1.64. The van der Waals surface area contributed by atoms with Gasteiger partial charge in [-0.2, -0.15) is 0 Å². The van der Waals surface area contributed by atoms with E-state index in [-0.39, 0.29) is 40.4 Å². The highest BCUT2D eigenvalue weighted by atomic mass is 32.2. The van der Waals surface area contributed by atoms with Crippen molar-refractivity contribution in [3.05, 3.63) is 89.7 Å². The van der Waals surface area contributed by atoms with Gasteiger partial charge in [-0.25, -0.2) is 36.4 Å². The van der Waals surface area contributed by atoms with Crippen molar-refractivity contribution in [3.8, 4) is 0 Å². The molecule has 1 fully saturated rings. The van der Waals surface area contributed by atoms with Crippen LogP contribution in [0.2, 0.25) is 0 Å². The normalized spacial score (nSPS) is 16.0. The molecule has 1 unspecified atom stereocenters. The first-order valence-electron chi connectivity index (χ1n) is 11.4. The number of carbonyl (C=O) groups is 3. The summed E-state index contributed by atoms with van der Waals surface area (Å²) in [6.45, 7) is -0.107. The lowest BCUT2D eigenvalue weighted by Gasteiger charge is -2.28. The molecule has 1 aliphatic heterocycles. The molecule has 14 heteroatoms. The van der Waals surface area contributed by atoms with E-state index in [9.17, 15) is 35.6 Å². The van der Waals surface area contributed by atoms with Gasteiger partial charge in [0.05, 0.1) is 27.5 Å². The smallest absolute Gasteiger partial charge is 0.257 e. The molecule has 4 rings (SSSR count). The summed E-state index contributed by atoms with van der Waals surface area (Å²) in [6.07, 6.45) is -0.244. The van der Waals surface area contributed by atoms with Crippen LogP contribution < -0.4 is 15.2 Å². The molecule has 204 valence electrons. The number of benzene rings is 3. The molecule has 0 bridgehead atoms. The molecule has 0 aromatic heterocycles. The number of carbonyl (C=O) groups excluding carboxylic acids is 3. The molecule has 39 heavy (non-hydrogen) atoms. The fourth-order valence-corrected chi connectivity index (χ4v) is 5.23. The second-order valence-electron chi connectivity index (χ2n) is 8.74. The highest BCUT2D eigenvalue weighted by molar-refractivity contribution is 7.89. The van der Waals surface area contributed by atoms with Gasteiger partial charge in [-0.1, -0.05) is 24.3 Å². The maximum absolute atomic E-state index is 14.5. The molecule has 1 atom stereocenters. The van der Waals surface area contributed by atoms with Gasteiger partial charge in [0.25, 0.3) is 11.8 Å². The molecule has 11 nitrogen and oxygen atoms in total. The van der Waals surface area contributed by atoms with Gasteiger partial charge in [0.15, 0.2) is 0 Å². The van der Waals surface area contributed by atoms with Gasteiger partial charge in [-0.05, 0) is 60.5 Å². The highest BCUT2D eigenvalue weighted by Gasteiger charge is 2.44. The summed E-state index contributed by atoms with van der Waals surface area (Å²) in [4.78, 5) is 41.4. The summed E-state index contributed by atoms with van der Waals surface area (Å²) in [5.41, 5.74) is 0.385. The zero-order chi connectivity index (χ0) is 28.5. The van der Waals surface area contributed by atoms with Gasteiger partial charge in [-0.15, -0.1) is 0 Å². The van der Waals surface area contributed by atoms with Crippen LogP contribution in [0.25, 0.3) is 0 Å². The lowest BCUT2D eigenvalue weighted by molar-refractivity contribution is -0.122. The van der Waals surface area contributed by atoms with Gasteiger partial charge in [0.1, 0.15) is 11.9 Å². The molecule has 0 aliphatic carbocycles. The van der Waals surface area contributed by atoms with Gasteiger partial charge in [-0.3, -0.25) is 14.4 Å². The van der Waals surface area contributed by atoms with E-state index < -0.39 is 49.6 Å². The van der Waals surface area contributed by atoms with E-state index in [2.05, 4.69) is 0 Å². The van der Waals surface area contributed by atoms with E-state index in [4.69, 9.17) is 10.3 Å². The molecule has 1 saturated heterocycles. The number of nitrogens with two attached hydrogens (primary N) is 2. The SMILES string of the molecule is NS(=O)(=O)c1ccc(CCN(C(=O)c2ccccc2F)C2CC(=O)N(c3ccc(S(N)(=O)=O)cc3)C2=O)cc1. The van der Waals surface area contributed by atoms with Crippen molar-refractivity contribution in [1.29, 1.82) is 0 Å². The monoisotopic (exact) mass is 574 g/mol. The first-order chi connectivity index (χ1) is 18.3. The first kappa shape index (κ1) is 28.0. The summed E-state index contributed by atoms with van der Waals surface area (Å²) >= 11 is 0. The number of halogens is 1. The summed E-state index contributed by atoms with van der Waals surface area (Å²) in [5.74, 6) is -3.01. The molecular weight excluding hydrogens is 551 g/mol. The van der Waals surface area contributed by atoms with Crippen molar-refractivity contribution >= 4 is 43.5 Å². The summed E-state index contributed by atoms with van der Waals surface area (Å²) < 4.78 is 60.7. The van der Waals surface area contributed by atoms with E-state index in [0.717, 1.165) is 28.0 Å². The average Bonchev–Trinajstić information content (AvgIpc) is 3.17. The second-order valence-corrected chi connectivity index (χ2v) is 11.9. The van der Waals surface area contributed by atoms with Gasteiger partial charge in [0, 0.05) is 6.54 Å². The van der Waals surface area contributed by atoms with E-state index >= 15 is 0 Å². The summed E-state index contributed by atoms with van der Waals surface area (Å²) in [6, 6.07) is 14.3. The fourth-order valence-electron chi connectivity index (χ4n) is 4.20. The number of hydrogen-bond donors (Lipinski definition) is 2. The molecule has 0 spiro atoms. The number of nitrogens with zero attached hydrogens (tertiary/aromatic N) is 2. The van der Waals surface area contributed by atoms with Crippen molar-refractivity contribution in [2.45, 2.75) is 28.7 Å². The Labute approximate surface area is 223 Å². The maximum Gasteiger partial charge on any atom is 0.257 e. The molecule has 0 saturated carbocycles. The number of imide groups is 1. The largest absolute Gasteiger partial charge is 0.326 e. The Morgan fingerprint density at radius 2 is 1.41 bits per heavy atom. The van der Waals surface area contributed by atoms with E-state index in [0.29, 0.717) is 5.56 Å². The number of hydrogen-bond acceptors (Lipinski definition) is 7. The van der Waals surface area contributed by atoms with Crippen LogP contribution >= 0.6 is 0 Å². The van der Waals surface area contributed by atoms with Crippen molar-refractivity contribution in [2.75, 3.05) is 11.4 Å². The van der Waals surface area contributed by atoms with Gasteiger partial charge >= 0.3 is 0 Å². The minimum absolute atomic E-state index is 0.0803. The molecule has 3 aromatic rings. The fraction of sp³-hybridized carbons (Fsp3) is 0.160. The zero-order valence-electron chi connectivity index (χ0n) is 20.2. The quantitative estimate of drug-likeness (QED) is 0.379. The van der Waals surface area contributed by atoms with Gasteiger partial charge < -0.3 is 4.90 Å². The zero-order valence-corrected chi connectivity index (χ0v) is 21.9. The van der Waals surface area contributed by atoms with E-state index in [1.54, 1.807) is 0 Å². The minimum atomic E-state index is -4.00. The Hall–Kier alpha value is -3.98. The molecule has 1 heterocycles. The Kier molecular flexibility index (Phi) is 7.66. The number of primary sulfonamides is 2. The second kappa shape index (κ2) is 10.6. The molecule has 4 N–H and O–H groups in total. The van der Waals surface area contributed by atoms with Crippen LogP contribution in [0.4, 0.5) is 10.1 Å². The van der Waals surface area contributed by atoms with Gasteiger partial charge in [0.2, 0.25) is 26.0 Å². The minimum Gasteiger partial charge on any atom is -0.326 e. The van der Waals surface area contributed by atoms with Crippen LogP contribution in [0.5, 0.6) is 0 Å². The van der Waals surface area contributed by atoms with Crippen LogP contribution in [0.1, 0.15) is 22.3 Å². The van der Waals surface area contributed by atoms with E-state index in [1.807, 2.05) is 0 Å². The molecule has 3 amide bonds. The van der Waals surface area contributed by atoms with Crippen LogP contribution in [0.15, 0.2) is 82.6 Å². The number of sulfonamides is 2. The average molecular weight is 575 g/mol.